The lowest BCUT2D eigenvalue weighted by atomic mass is 10.0. The molecule has 0 N–H and O–H groups in total. The van der Waals surface area contributed by atoms with Crippen LogP contribution >= 0.6 is 0 Å². The molecular formula is C26H25NO3. The van der Waals surface area contributed by atoms with Crippen LogP contribution in [-0.2, 0) is 17.8 Å². The summed E-state index contributed by atoms with van der Waals surface area (Å²) in [6.07, 6.45) is 1.99. The van der Waals surface area contributed by atoms with Crippen LogP contribution in [0.2, 0.25) is 0 Å². The van der Waals surface area contributed by atoms with Crippen LogP contribution in [0, 0.1) is 13.8 Å². The van der Waals surface area contributed by atoms with Gasteiger partial charge in [-0.15, -0.1) is 0 Å². The quantitative estimate of drug-likeness (QED) is 0.409. The smallest absolute Gasteiger partial charge is 0.231 e. The number of furan rings is 1. The summed E-state index contributed by atoms with van der Waals surface area (Å²) in [5.41, 5.74) is 5.93. The largest absolute Gasteiger partial charge is 0.497 e. The van der Waals surface area contributed by atoms with Crippen molar-refractivity contribution in [3.8, 4) is 5.75 Å². The van der Waals surface area contributed by atoms with Gasteiger partial charge in [0.25, 0.3) is 0 Å². The van der Waals surface area contributed by atoms with Gasteiger partial charge in [0.1, 0.15) is 11.3 Å². The Balaban J connectivity index is 1.67. The molecule has 0 saturated heterocycles. The molecule has 4 rings (SSSR count). The summed E-state index contributed by atoms with van der Waals surface area (Å²) in [7, 11) is 1.63. The van der Waals surface area contributed by atoms with Gasteiger partial charge in [0.15, 0.2) is 0 Å². The van der Waals surface area contributed by atoms with Crippen LogP contribution in [0.4, 0.5) is 5.69 Å². The van der Waals surface area contributed by atoms with Crippen molar-refractivity contribution in [2.45, 2.75) is 26.8 Å². The van der Waals surface area contributed by atoms with Crippen LogP contribution in [0.5, 0.6) is 5.75 Å². The third-order valence-corrected chi connectivity index (χ3v) is 5.30. The Morgan fingerprint density at radius 1 is 1.00 bits per heavy atom. The van der Waals surface area contributed by atoms with Gasteiger partial charge in [-0.2, -0.15) is 0 Å². The number of amides is 1. The van der Waals surface area contributed by atoms with E-state index in [9.17, 15) is 4.79 Å². The van der Waals surface area contributed by atoms with Gasteiger partial charge < -0.3 is 14.1 Å². The Morgan fingerprint density at radius 3 is 2.43 bits per heavy atom. The van der Waals surface area contributed by atoms with Crippen molar-refractivity contribution in [3.63, 3.8) is 0 Å². The maximum Gasteiger partial charge on any atom is 0.231 e. The van der Waals surface area contributed by atoms with E-state index >= 15 is 0 Å². The van der Waals surface area contributed by atoms with Crippen LogP contribution in [0.15, 0.2) is 77.4 Å². The minimum atomic E-state index is 0.0201. The number of rotatable bonds is 6. The van der Waals surface area contributed by atoms with E-state index in [-0.39, 0.29) is 12.3 Å². The van der Waals surface area contributed by atoms with Gasteiger partial charge in [-0.05, 0) is 60.9 Å². The lowest BCUT2D eigenvalue weighted by Crippen LogP contribution is -2.31. The third-order valence-electron chi connectivity index (χ3n) is 5.30. The number of hydrogen-bond donors (Lipinski definition) is 0. The first-order valence-electron chi connectivity index (χ1n) is 10.0. The maximum absolute atomic E-state index is 13.4. The Bertz CT molecular complexity index is 1160. The molecule has 0 aliphatic carbocycles. The molecule has 0 unspecified atom stereocenters. The molecule has 0 radical (unpaired) electrons. The Hall–Kier alpha value is -3.53. The summed E-state index contributed by atoms with van der Waals surface area (Å²) in [6, 6.07) is 21.7. The van der Waals surface area contributed by atoms with Crippen LogP contribution in [0.1, 0.15) is 22.3 Å². The molecule has 4 nitrogen and oxygen atoms in total. The number of ether oxygens (including phenoxy) is 1. The second kappa shape index (κ2) is 8.46. The van der Waals surface area contributed by atoms with Gasteiger partial charge in [-0.3, -0.25) is 4.79 Å². The predicted molar refractivity (Wildman–Crippen MR) is 120 cm³/mol. The number of carbonyl (C=O) groups is 1. The zero-order chi connectivity index (χ0) is 21.1. The summed E-state index contributed by atoms with van der Waals surface area (Å²) in [6.45, 7) is 4.61. The van der Waals surface area contributed by atoms with Crippen LogP contribution in [-0.4, -0.2) is 13.0 Å². The standard InChI is InChI=1S/C26H25NO3/c1-18-13-19(2)26-21(17-30-24(26)14-18)15-25(28)27(16-20-7-5-4-6-8-20)22-9-11-23(29-3)12-10-22/h4-14,17H,15-16H2,1-3H3. The number of benzene rings is 3. The first-order chi connectivity index (χ1) is 14.5. The van der Waals surface area contributed by atoms with Crippen molar-refractivity contribution in [3.05, 3.63) is 95.2 Å². The number of carbonyl (C=O) groups excluding carboxylic acids is 1. The highest BCUT2D eigenvalue weighted by atomic mass is 16.5. The minimum Gasteiger partial charge on any atom is -0.497 e. The van der Waals surface area contributed by atoms with Gasteiger partial charge in [-0.25, -0.2) is 0 Å². The maximum atomic E-state index is 13.4. The van der Waals surface area contributed by atoms with Gasteiger partial charge in [0.2, 0.25) is 5.91 Å². The Kier molecular flexibility index (Phi) is 5.57. The SMILES string of the molecule is COc1ccc(N(Cc2ccccc2)C(=O)Cc2coc3cc(C)cc(C)c23)cc1. The minimum absolute atomic E-state index is 0.0201. The van der Waals surface area contributed by atoms with E-state index in [1.165, 1.54) is 0 Å². The first-order valence-corrected chi connectivity index (χ1v) is 10.0. The van der Waals surface area contributed by atoms with Gasteiger partial charge in [0, 0.05) is 16.6 Å². The summed E-state index contributed by atoms with van der Waals surface area (Å²) in [5.74, 6) is 0.782. The zero-order valence-electron chi connectivity index (χ0n) is 17.5. The first kappa shape index (κ1) is 19.8. The molecule has 0 spiro atoms. The van der Waals surface area contributed by atoms with E-state index in [4.69, 9.17) is 9.15 Å². The molecule has 0 aliphatic rings. The molecule has 0 saturated carbocycles. The van der Waals surface area contributed by atoms with Crippen molar-refractivity contribution < 1.29 is 13.9 Å². The van der Waals surface area contributed by atoms with E-state index in [2.05, 4.69) is 13.0 Å². The summed E-state index contributed by atoms with van der Waals surface area (Å²) in [5, 5.41) is 1.03. The second-order valence-corrected chi connectivity index (χ2v) is 7.56. The molecule has 3 aromatic carbocycles. The second-order valence-electron chi connectivity index (χ2n) is 7.56. The monoisotopic (exact) mass is 399 g/mol. The zero-order valence-corrected chi connectivity index (χ0v) is 17.5. The van der Waals surface area contributed by atoms with Crippen molar-refractivity contribution >= 4 is 22.6 Å². The van der Waals surface area contributed by atoms with E-state index in [1.54, 1.807) is 13.4 Å². The summed E-state index contributed by atoms with van der Waals surface area (Å²) >= 11 is 0. The number of fused-ring (bicyclic) bond motifs is 1. The number of aryl methyl sites for hydroxylation is 2. The number of methoxy groups -OCH3 is 1. The van der Waals surface area contributed by atoms with E-state index in [0.29, 0.717) is 6.54 Å². The summed E-state index contributed by atoms with van der Waals surface area (Å²) < 4.78 is 11.0. The lowest BCUT2D eigenvalue weighted by Gasteiger charge is -2.23. The molecule has 0 fully saturated rings. The Morgan fingerprint density at radius 2 is 1.73 bits per heavy atom. The molecule has 0 bridgehead atoms. The third kappa shape index (κ3) is 4.08. The molecule has 152 valence electrons. The molecular weight excluding hydrogens is 374 g/mol. The molecule has 4 heteroatoms. The number of anilines is 1. The molecule has 0 atom stereocenters. The van der Waals surface area contributed by atoms with Crippen molar-refractivity contribution in [2.24, 2.45) is 0 Å². The fourth-order valence-electron chi connectivity index (χ4n) is 3.87. The van der Waals surface area contributed by atoms with Gasteiger partial charge in [-0.1, -0.05) is 36.4 Å². The fraction of sp³-hybridized carbons (Fsp3) is 0.192. The van der Waals surface area contributed by atoms with E-state index in [0.717, 1.165) is 44.7 Å². The normalized spacial score (nSPS) is 10.9. The number of nitrogens with zero attached hydrogens (tertiary/aromatic N) is 1. The van der Waals surface area contributed by atoms with Crippen LogP contribution < -0.4 is 9.64 Å². The molecule has 4 aromatic rings. The molecule has 1 aromatic heterocycles. The highest BCUT2D eigenvalue weighted by Gasteiger charge is 2.20. The fourth-order valence-corrected chi connectivity index (χ4v) is 3.87. The summed E-state index contributed by atoms with van der Waals surface area (Å²) in [4.78, 5) is 15.3. The molecule has 30 heavy (non-hydrogen) atoms. The number of hydrogen-bond acceptors (Lipinski definition) is 3. The highest BCUT2D eigenvalue weighted by Crippen LogP contribution is 2.28. The lowest BCUT2D eigenvalue weighted by molar-refractivity contribution is -0.118. The Labute approximate surface area is 176 Å². The molecule has 0 aliphatic heterocycles. The molecule has 1 amide bonds. The van der Waals surface area contributed by atoms with Crippen molar-refractivity contribution in [2.75, 3.05) is 12.0 Å². The van der Waals surface area contributed by atoms with E-state index < -0.39 is 0 Å². The average Bonchev–Trinajstić information content (AvgIpc) is 3.15. The highest BCUT2D eigenvalue weighted by molar-refractivity contribution is 5.98. The van der Waals surface area contributed by atoms with Crippen molar-refractivity contribution in [1.29, 1.82) is 0 Å². The molecule has 1 heterocycles. The van der Waals surface area contributed by atoms with Gasteiger partial charge >= 0.3 is 0 Å². The van der Waals surface area contributed by atoms with Crippen LogP contribution in [0.25, 0.3) is 11.0 Å². The predicted octanol–water partition coefficient (Wildman–Crippen LogP) is 5.83. The average molecular weight is 399 g/mol. The van der Waals surface area contributed by atoms with Gasteiger partial charge in [0.05, 0.1) is 26.3 Å². The van der Waals surface area contributed by atoms with Crippen LogP contribution in [0.3, 0.4) is 0 Å². The van der Waals surface area contributed by atoms with E-state index in [1.807, 2.05) is 72.5 Å². The topological polar surface area (TPSA) is 42.7 Å². The van der Waals surface area contributed by atoms with Crippen molar-refractivity contribution in [1.82, 2.24) is 0 Å².